The number of sulfonamides is 1. The van der Waals surface area contributed by atoms with Crippen LogP contribution in [-0.2, 0) is 14.8 Å². The van der Waals surface area contributed by atoms with E-state index in [4.69, 9.17) is 4.74 Å². The summed E-state index contributed by atoms with van der Waals surface area (Å²) in [5, 5.41) is 0. The van der Waals surface area contributed by atoms with Crippen LogP contribution in [0.2, 0.25) is 0 Å². The number of fused-ring (bicyclic) bond motifs is 1. The Labute approximate surface area is 131 Å². The number of ether oxygens (including phenoxy) is 1. The van der Waals surface area contributed by atoms with E-state index in [-0.39, 0.29) is 16.9 Å². The normalized spacial score (nSPS) is 17.8. The molecule has 1 amide bonds. The molecule has 0 radical (unpaired) electrons. The van der Waals surface area contributed by atoms with Gasteiger partial charge in [-0.3, -0.25) is 4.79 Å². The summed E-state index contributed by atoms with van der Waals surface area (Å²) in [6.07, 6.45) is 1.07. The highest BCUT2D eigenvalue weighted by Gasteiger charge is 2.29. The van der Waals surface area contributed by atoms with Crippen LogP contribution in [0.1, 0.15) is 33.6 Å². The smallest absolute Gasteiger partial charge is 0.240 e. The van der Waals surface area contributed by atoms with Crippen molar-refractivity contribution in [3.63, 3.8) is 0 Å². The molecule has 1 unspecified atom stereocenters. The molecule has 0 aromatic heterocycles. The summed E-state index contributed by atoms with van der Waals surface area (Å²) >= 11 is 0. The van der Waals surface area contributed by atoms with Crippen LogP contribution in [0, 0.1) is 0 Å². The van der Waals surface area contributed by atoms with Crippen molar-refractivity contribution in [2.75, 3.05) is 18.0 Å². The lowest BCUT2D eigenvalue weighted by Gasteiger charge is -2.34. The highest BCUT2D eigenvalue weighted by molar-refractivity contribution is 7.89. The molecule has 1 heterocycles. The number of hydrogen-bond donors (Lipinski definition) is 1. The first-order valence-corrected chi connectivity index (χ1v) is 9.02. The molecule has 2 rings (SSSR count). The van der Waals surface area contributed by atoms with Crippen molar-refractivity contribution in [1.82, 2.24) is 4.72 Å². The van der Waals surface area contributed by atoms with Crippen LogP contribution in [-0.4, -0.2) is 33.5 Å². The molecule has 1 aliphatic rings. The van der Waals surface area contributed by atoms with Gasteiger partial charge in [0.25, 0.3) is 0 Å². The maximum Gasteiger partial charge on any atom is 0.240 e. The first-order chi connectivity index (χ1) is 10.4. The molecule has 6 nitrogen and oxygen atoms in total. The number of carbonyl (C=O) groups excluding carboxylic acids is 1. The molecule has 0 saturated heterocycles. The number of anilines is 1. The summed E-state index contributed by atoms with van der Waals surface area (Å²) in [7, 11) is -3.56. The average molecular weight is 326 g/mol. The van der Waals surface area contributed by atoms with Crippen LogP contribution in [0.3, 0.4) is 0 Å². The fraction of sp³-hybridized carbons (Fsp3) is 0.533. The molecular weight excluding hydrogens is 304 g/mol. The number of nitrogens with zero attached hydrogens (tertiary/aromatic N) is 1. The van der Waals surface area contributed by atoms with E-state index >= 15 is 0 Å². The fourth-order valence-corrected chi connectivity index (χ4v) is 3.47. The van der Waals surface area contributed by atoms with E-state index in [1.54, 1.807) is 24.8 Å². The van der Waals surface area contributed by atoms with Gasteiger partial charge >= 0.3 is 0 Å². The number of rotatable bonds is 5. The molecule has 22 heavy (non-hydrogen) atoms. The van der Waals surface area contributed by atoms with Gasteiger partial charge in [0.2, 0.25) is 15.9 Å². The predicted octanol–water partition coefficient (Wildman–Crippen LogP) is 1.90. The number of carbonyl (C=O) groups is 1. The summed E-state index contributed by atoms with van der Waals surface area (Å²) < 4.78 is 32.5. The molecule has 1 aromatic carbocycles. The summed E-state index contributed by atoms with van der Waals surface area (Å²) in [5.74, 6) is 0.511. The number of nitrogens with one attached hydrogen (secondary N) is 1. The summed E-state index contributed by atoms with van der Waals surface area (Å²) in [6, 6.07) is 4.63. The second kappa shape index (κ2) is 6.66. The Morgan fingerprint density at radius 1 is 1.36 bits per heavy atom. The van der Waals surface area contributed by atoms with Gasteiger partial charge in [0.15, 0.2) is 0 Å². The largest absolute Gasteiger partial charge is 0.486 e. The molecule has 7 heteroatoms. The van der Waals surface area contributed by atoms with E-state index in [1.807, 2.05) is 6.92 Å². The van der Waals surface area contributed by atoms with Crippen molar-refractivity contribution in [3.05, 3.63) is 18.2 Å². The number of hydrogen-bond acceptors (Lipinski definition) is 4. The van der Waals surface area contributed by atoms with Crippen molar-refractivity contribution in [3.8, 4) is 5.75 Å². The van der Waals surface area contributed by atoms with Gasteiger partial charge in [0, 0.05) is 13.0 Å². The van der Waals surface area contributed by atoms with Gasteiger partial charge in [0.05, 0.1) is 17.1 Å². The molecule has 1 atom stereocenters. The lowest BCUT2D eigenvalue weighted by atomic mass is 10.1. The minimum atomic E-state index is -3.56. The topological polar surface area (TPSA) is 75.7 Å². The van der Waals surface area contributed by atoms with Gasteiger partial charge in [-0.25, -0.2) is 13.1 Å². The first-order valence-electron chi connectivity index (χ1n) is 7.53. The Hall–Kier alpha value is -1.60. The Morgan fingerprint density at radius 2 is 2.09 bits per heavy atom. The van der Waals surface area contributed by atoms with Gasteiger partial charge in [-0.1, -0.05) is 20.8 Å². The van der Waals surface area contributed by atoms with Crippen molar-refractivity contribution < 1.29 is 17.9 Å². The standard InChI is InChI=1S/C15H22N2O4S/c1-4-11-10-17(15(18)5-2)13-9-12(7-8-14(13)21-11)22(19,20)16-6-3/h7-9,11,16H,4-6,10H2,1-3H3. The van der Waals surface area contributed by atoms with E-state index < -0.39 is 10.0 Å². The van der Waals surface area contributed by atoms with Gasteiger partial charge in [-0.05, 0) is 24.6 Å². The number of benzene rings is 1. The second-order valence-electron chi connectivity index (χ2n) is 5.14. The lowest BCUT2D eigenvalue weighted by Crippen LogP contribution is -2.43. The zero-order valence-corrected chi connectivity index (χ0v) is 13.9. The minimum absolute atomic E-state index is 0.0407. The van der Waals surface area contributed by atoms with Crippen molar-refractivity contribution in [2.45, 2.75) is 44.6 Å². The Balaban J connectivity index is 2.47. The quantitative estimate of drug-likeness (QED) is 0.896. The average Bonchev–Trinajstić information content (AvgIpc) is 2.52. The molecule has 0 fully saturated rings. The molecule has 0 bridgehead atoms. The summed E-state index contributed by atoms with van der Waals surface area (Å²) in [4.78, 5) is 13.9. The Bertz CT molecular complexity index is 658. The number of amides is 1. The molecule has 0 aliphatic carbocycles. The van der Waals surface area contributed by atoms with Crippen molar-refractivity contribution in [1.29, 1.82) is 0 Å². The molecule has 1 aliphatic heterocycles. The van der Waals surface area contributed by atoms with E-state index in [2.05, 4.69) is 4.72 Å². The molecule has 1 aromatic rings. The molecule has 0 spiro atoms. The van der Waals surface area contributed by atoms with Crippen LogP contribution < -0.4 is 14.4 Å². The van der Waals surface area contributed by atoms with Crippen molar-refractivity contribution >= 4 is 21.6 Å². The van der Waals surface area contributed by atoms with Crippen LogP contribution in [0.25, 0.3) is 0 Å². The van der Waals surface area contributed by atoms with Crippen LogP contribution >= 0.6 is 0 Å². The molecule has 122 valence electrons. The molecule has 1 N–H and O–H groups in total. The predicted molar refractivity (Wildman–Crippen MR) is 84.7 cm³/mol. The van der Waals surface area contributed by atoms with E-state index in [0.717, 1.165) is 6.42 Å². The monoisotopic (exact) mass is 326 g/mol. The van der Waals surface area contributed by atoms with Gasteiger partial charge in [0.1, 0.15) is 11.9 Å². The summed E-state index contributed by atoms with van der Waals surface area (Å²) in [5.41, 5.74) is 0.524. The fourth-order valence-electron chi connectivity index (χ4n) is 2.41. The zero-order valence-electron chi connectivity index (χ0n) is 13.1. The minimum Gasteiger partial charge on any atom is -0.486 e. The van der Waals surface area contributed by atoms with Gasteiger partial charge < -0.3 is 9.64 Å². The van der Waals surface area contributed by atoms with Crippen LogP contribution in [0.4, 0.5) is 5.69 Å². The molecule has 0 saturated carbocycles. The van der Waals surface area contributed by atoms with E-state index in [9.17, 15) is 13.2 Å². The highest BCUT2D eigenvalue weighted by atomic mass is 32.2. The van der Waals surface area contributed by atoms with Crippen LogP contribution in [0.15, 0.2) is 23.1 Å². The van der Waals surface area contributed by atoms with E-state index in [0.29, 0.717) is 30.9 Å². The van der Waals surface area contributed by atoms with Gasteiger partial charge in [-0.2, -0.15) is 0 Å². The maximum absolute atomic E-state index is 12.2. The Kier molecular flexibility index (Phi) is 5.08. The third-order valence-electron chi connectivity index (χ3n) is 3.60. The highest BCUT2D eigenvalue weighted by Crippen LogP contribution is 2.36. The third-order valence-corrected chi connectivity index (χ3v) is 5.15. The SMILES string of the molecule is CCNS(=O)(=O)c1ccc2c(c1)N(C(=O)CC)CC(CC)O2. The zero-order chi connectivity index (χ0) is 16.3. The first kappa shape index (κ1) is 16.8. The Morgan fingerprint density at radius 3 is 2.68 bits per heavy atom. The second-order valence-corrected chi connectivity index (χ2v) is 6.90. The summed E-state index contributed by atoms with van der Waals surface area (Å²) in [6.45, 7) is 6.26. The van der Waals surface area contributed by atoms with Crippen LogP contribution in [0.5, 0.6) is 5.75 Å². The maximum atomic E-state index is 12.2. The van der Waals surface area contributed by atoms with Gasteiger partial charge in [-0.15, -0.1) is 0 Å². The van der Waals surface area contributed by atoms with Crippen molar-refractivity contribution in [2.24, 2.45) is 0 Å². The lowest BCUT2D eigenvalue weighted by molar-refractivity contribution is -0.118. The molecular formula is C15H22N2O4S. The third kappa shape index (κ3) is 3.25. The van der Waals surface area contributed by atoms with E-state index in [1.165, 1.54) is 12.1 Å².